The highest BCUT2D eigenvalue weighted by Crippen LogP contribution is 2.33. The average Bonchev–Trinajstić information content (AvgIpc) is 0.863. The number of aliphatic hydroxyl groups excluding tert-OH is 1. The van der Waals surface area contributed by atoms with E-state index >= 15 is 0 Å². The van der Waals surface area contributed by atoms with E-state index in [-0.39, 0.29) is 112 Å². The Labute approximate surface area is 857 Å². The van der Waals surface area contributed by atoms with Gasteiger partial charge in [-0.2, -0.15) is 43.0 Å². The number of hydrogen-bond donors (Lipinski definition) is 6. The highest BCUT2D eigenvalue weighted by atomic mass is 127. The number of rotatable bonds is 22. The maximum absolute atomic E-state index is 14.6. The number of aromatic amines is 1. The fraction of sp³-hybridized carbons (Fsp3) is 0.180. The number of amides is 2. The highest BCUT2D eigenvalue weighted by Gasteiger charge is 2.24. The maximum atomic E-state index is 14.6. The quantitative estimate of drug-likeness (QED) is 0.00916. The van der Waals surface area contributed by atoms with E-state index in [1.807, 2.05) is 79.9 Å². The Hall–Kier alpha value is -15.3. The molecule has 762 valence electrons. The summed E-state index contributed by atoms with van der Waals surface area (Å²) in [6.45, 7) is 2.69. The number of carbonyl (C=O) groups excluding carboxylic acids is 2. The molecule has 0 fully saturated rings. The van der Waals surface area contributed by atoms with Gasteiger partial charge in [-0.25, -0.2) is 85.3 Å². The lowest BCUT2D eigenvalue weighted by atomic mass is 10.1. The zero-order valence-electron chi connectivity index (χ0n) is 78.5. The zero-order chi connectivity index (χ0) is 107. The summed E-state index contributed by atoms with van der Waals surface area (Å²) >= 11 is 7.69. The summed E-state index contributed by atoms with van der Waals surface area (Å²) in [4.78, 5) is 86.7. The molecule has 9 heterocycles. The maximum Gasteiger partial charge on any atom is 0.267 e. The third-order valence-electron chi connectivity index (χ3n) is 21.2. The van der Waals surface area contributed by atoms with Crippen molar-refractivity contribution in [3.8, 4) is 62.0 Å². The first-order valence-electron chi connectivity index (χ1n) is 44.2. The van der Waals surface area contributed by atoms with Crippen molar-refractivity contribution in [2.24, 2.45) is 0 Å². The van der Waals surface area contributed by atoms with Crippen LogP contribution in [0.5, 0.6) is 5.75 Å². The van der Waals surface area contributed by atoms with E-state index < -0.39 is 104 Å². The molecule has 10 aromatic carbocycles. The number of nitrogens with two attached hydrogens (primary N) is 2. The van der Waals surface area contributed by atoms with Crippen LogP contribution in [0.2, 0.25) is 0 Å². The number of carbonyl (C=O) groups is 2. The van der Waals surface area contributed by atoms with Gasteiger partial charge in [-0.3, -0.25) is 33.6 Å². The average molecular weight is 2250 g/mol. The second-order valence-corrected chi connectivity index (χ2v) is 34.2. The number of alkyl halides is 2. The van der Waals surface area contributed by atoms with Gasteiger partial charge in [-0.15, -0.1) is 0 Å². The summed E-state index contributed by atoms with van der Waals surface area (Å²) in [6.07, 6.45) is 2.15. The topological polar surface area (TPSA) is 383 Å². The number of halogens is 16. The predicted octanol–water partition coefficient (Wildman–Crippen LogP) is 17.3. The van der Waals surface area contributed by atoms with Crippen LogP contribution in [-0.2, 0) is 53.9 Å². The lowest BCUT2D eigenvalue weighted by Gasteiger charge is -2.13. The first-order chi connectivity index (χ1) is 70.7. The summed E-state index contributed by atoms with van der Waals surface area (Å²) < 4.78 is 220. The van der Waals surface area contributed by atoms with E-state index in [0.29, 0.717) is 64.6 Å². The predicted molar refractivity (Wildman–Crippen MR) is 541 cm³/mol. The molecule has 0 bridgehead atoms. The Morgan fingerprint density at radius 3 is 1.05 bits per heavy atom. The minimum absolute atomic E-state index is 0.0152. The number of aliphatic hydroxyl groups is 1. The van der Waals surface area contributed by atoms with Crippen molar-refractivity contribution in [3.63, 3.8) is 0 Å². The Morgan fingerprint density at radius 1 is 0.395 bits per heavy atom. The molecule has 2 amide bonds. The minimum Gasteiger partial charge on any atom is -0.488 e. The Kier molecular flexibility index (Phi) is 38.1. The lowest BCUT2D eigenvalue weighted by molar-refractivity contribution is -0.115. The van der Waals surface area contributed by atoms with Gasteiger partial charge in [0.2, 0.25) is 11.8 Å². The number of hydrogen-bond acceptors (Lipinski definition) is 24. The lowest BCUT2D eigenvalue weighted by Crippen LogP contribution is -2.23. The van der Waals surface area contributed by atoms with Crippen molar-refractivity contribution < 1.29 is 82.3 Å². The standard InChI is InChI=1S/C24H24F2N4O3.C19H12F3N3O2.C17H9F3N4OS.C17H13F3N4O.C10H5F3N2O.C7H5BrN2S.C5H13NO.CH3I/c1-29(2)8-3-9-33-24-18(25)11-17(12-19(24)26)20-6-7-23(32)30(28-20)14-15-4-5-16-13-22(31)27-21(16)10-15;20-13-6-12(7-14(21)19(13)22)15-3-4-18(27)25(24-15)9-10-1-2-11-8-17(26)23-16(11)5-10;18-11-6-10(7-12(19)17(11)20)13-3-4-16(25)24(21-13)8-9-1-2-14-15(5-9)23-26-22-14;18-11-6-10(7-12(19)17(11)20)15-3-4-16(25)24(23-15)8-9-1-2-13(21)14(22)5-9;11-6-3-5(4-7(12)10(6)13)8-1-2-9(16)15-14-8;8-4-5-1-2-6-7(3-5)10-11-9-6;1-6(2)4-3-5-7;1-2/h4-7,10-12H,3,8-9,13-14H2,1-2H3,(H,27,31);1-7H,8-9H2,(H,23,26);1-7H,8H2;1-7H,8,21-22H2;1-4H,(H,15,16);1-3H,4H2;7H,3-5H2,1-2H3;1H3/i;;;;;;;1D. The number of ether oxygens (including phenoxy) is 1. The van der Waals surface area contributed by atoms with Crippen LogP contribution in [0.1, 0.15) is 53.2 Å². The molecular weight excluding hydrogens is 2160 g/mol. The van der Waals surface area contributed by atoms with E-state index in [0.717, 1.165) is 162 Å². The Morgan fingerprint density at radius 2 is 0.707 bits per heavy atom. The van der Waals surface area contributed by atoms with Gasteiger partial charge in [0.15, 0.2) is 87.2 Å². The number of benzene rings is 10. The third kappa shape index (κ3) is 30.0. The van der Waals surface area contributed by atoms with Crippen molar-refractivity contribution in [3.05, 3.63) is 384 Å². The monoisotopic (exact) mass is 2250 g/mol. The van der Waals surface area contributed by atoms with Crippen LogP contribution in [0.25, 0.3) is 78.4 Å². The van der Waals surface area contributed by atoms with Crippen molar-refractivity contribution in [2.75, 3.05) is 81.5 Å². The van der Waals surface area contributed by atoms with Crippen molar-refractivity contribution in [2.45, 2.75) is 57.2 Å². The summed E-state index contributed by atoms with van der Waals surface area (Å²) in [6, 6.07) is 48.8. The van der Waals surface area contributed by atoms with Crippen LogP contribution in [0.4, 0.5) is 84.2 Å². The number of nitrogens with one attached hydrogen (secondary N) is 3. The van der Waals surface area contributed by atoms with Gasteiger partial charge in [-0.1, -0.05) is 81.0 Å². The van der Waals surface area contributed by atoms with Gasteiger partial charge in [-0.05, 0) is 231 Å². The Balaban J connectivity index is 0.000000158. The molecule has 2 aliphatic heterocycles. The molecule has 0 atom stereocenters. The molecule has 0 aliphatic carbocycles. The summed E-state index contributed by atoms with van der Waals surface area (Å²) in [5.41, 5.74) is 22.0. The molecule has 0 unspecified atom stereocenters. The minimum atomic E-state index is -1.56. The van der Waals surface area contributed by atoms with Gasteiger partial charge in [0, 0.05) is 89.4 Å². The third-order valence-corrected chi connectivity index (χ3v) is 22.9. The molecule has 29 nitrogen and oxygen atoms in total. The van der Waals surface area contributed by atoms with Crippen LogP contribution < -0.4 is 54.6 Å². The van der Waals surface area contributed by atoms with Gasteiger partial charge in [0.05, 0.1) is 109 Å². The summed E-state index contributed by atoms with van der Waals surface area (Å²) in [5.74, 6) is -19.0. The number of aromatic nitrogens is 14. The first kappa shape index (κ1) is 109. The molecule has 19 rings (SSSR count). The molecule has 17 aromatic rings. The van der Waals surface area contributed by atoms with Crippen LogP contribution in [0, 0.1) is 81.4 Å². The van der Waals surface area contributed by atoms with Crippen molar-refractivity contribution in [1.82, 2.24) is 76.6 Å². The second-order valence-electron chi connectivity index (χ2n) is 32.5. The molecule has 0 saturated heterocycles. The number of H-pyrrole nitrogens is 1. The van der Waals surface area contributed by atoms with Gasteiger partial charge >= 0.3 is 0 Å². The molecular formula is C100H84BrF14IN20O9S2. The number of nitrogen functional groups attached to an aromatic ring is 2. The van der Waals surface area contributed by atoms with E-state index in [1.54, 1.807) is 60.7 Å². The Bertz CT molecular complexity index is 7900. The van der Waals surface area contributed by atoms with E-state index in [1.165, 1.54) is 76.6 Å². The van der Waals surface area contributed by atoms with Gasteiger partial charge in [0.25, 0.3) is 27.8 Å². The van der Waals surface area contributed by atoms with Crippen molar-refractivity contribution >= 4 is 119 Å². The number of nitrogens with zero attached hydrogens (tertiary/aromatic N) is 15. The van der Waals surface area contributed by atoms with Crippen LogP contribution >= 0.6 is 62.0 Å². The van der Waals surface area contributed by atoms with Crippen LogP contribution in [0.3, 0.4) is 0 Å². The highest BCUT2D eigenvalue weighted by molar-refractivity contribution is 14.1. The molecule has 47 heteroatoms. The normalized spacial score (nSPS) is 11.6. The molecule has 7 aromatic heterocycles. The van der Waals surface area contributed by atoms with Crippen molar-refractivity contribution in [1.29, 1.82) is 0 Å². The molecule has 0 radical (unpaired) electrons. The largest absolute Gasteiger partial charge is 0.488 e. The van der Waals surface area contributed by atoms with E-state index in [2.05, 4.69) is 85.6 Å². The SMILES string of the molecule is BrCc1ccc2nsnc2c1.CN(C)CCCO.CN(C)CCCOc1c(F)cc(-c2ccc(=O)n(Cc3ccc4c(c3)NC(=O)C4)n2)cc1F.Nc1ccc(Cn2nc(-c3cc(F)c(F)c(F)c3)ccc2=O)cc1N.O=C1Cc2ccc(Cn3nc(-c4cc(F)c(F)c(F)c4)ccc3=O)cc2N1.O=c1ccc(-c2cc(F)c(F)c(F)c2)n[nH]1.O=c1ccc(-c2cc(F)c(F)c(F)c2)nn1Cc1ccc2nsnc2c1.[2H]CI. The second kappa shape index (κ2) is 51.5. The molecule has 2 aliphatic rings. The van der Waals surface area contributed by atoms with Gasteiger partial charge in [0.1, 0.15) is 22.1 Å². The van der Waals surface area contributed by atoms with E-state index in [4.69, 9.17) is 22.7 Å². The number of fused-ring (bicyclic) bond motifs is 4. The molecule has 147 heavy (non-hydrogen) atoms. The first-order valence-corrected chi connectivity index (χ1v) is 47.6. The fourth-order valence-electron chi connectivity index (χ4n) is 13.9. The molecule has 0 saturated carbocycles. The zero-order valence-corrected chi connectivity index (χ0v) is 82.9. The summed E-state index contributed by atoms with van der Waals surface area (Å²) in [5, 5.41) is 37.0. The van der Waals surface area contributed by atoms with Crippen LogP contribution in [-0.4, -0.2) is 153 Å². The molecule has 0 spiro atoms. The molecule has 8 N–H and O–H groups in total. The number of anilines is 4. The van der Waals surface area contributed by atoms with Gasteiger partial charge < -0.3 is 41.7 Å². The van der Waals surface area contributed by atoms with Crippen LogP contribution in [0.15, 0.2) is 236 Å². The smallest absolute Gasteiger partial charge is 0.267 e. The summed E-state index contributed by atoms with van der Waals surface area (Å²) in [7, 11) is 7.81. The fourth-order valence-corrected chi connectivity index (χ4v) is 15.3. The van der Waals surface area contributed by atoms with E-state index in [9.17, 15) is 95.0 Å².